The van der Waals surface area contributed by atoms with Gasteiger partial charge in [-0.2, -0.15) is 9.97 Å². The molecule has 2 aromatic carbocycles. The van der Waals surface area contributed by atoms with Crippen molar-refractivity contribution in [2.45, 2.75) is 4.90 Å². The maximum absolute atomic E-state index is 12.4. The predicted molar refractivity (Wildman–Crippen MR) is 101 cm³/mol. The first-order chi connectivity index (χ1) is 13.3. The smallest absolute Gasteiger partial charge is 0.265 e. The molecule has 0 atom stereocenters. The van der Waals surface area contributed by atoms with Crippen LogP contribution in [0.2, 0.25) is 0 Å². The molecule has 3 N–H and O–H groups in total. The number of rotatable bonds is 6. The van der Waals surface area contributed by atoms with Crippen LogP contribution in [0, 0.1) is 0 Å². The van der Waals surface area contributed by atoms with Crippen molar-refractivity contribution >= 4 is 15.7 Å². The molecule has 1 heterocycles. The molecule has 1 aromatic heterocycles. The number of nitrogens with zero attached hydrogens (tertiary/aromatic N) is 2. The molecule has 3 rings (SSSR count). The maximum atomic E-state index is 12.4. The van der Waals surface area contributed by atoms with Crippen LogP contribution in [-0.2, 0) is 10.0 Å². The second kappa shape index (κ2) is 7.61. The average molecular weight is 403 g/mol. The van der Waals surface area contributed by atoms with Gasteiger partial charge in [-0.05, 0) is 36.4 Å². The highest BCUT2D eigenvalue weighted by molar-refractivity contribution is 7.92. The highest BCUT2D eigenvalue weighted by Crippen LogP contribution is 2.29. The second-order valence-corrected chi connectivity index (χ2v) is 7.26. The standard InChI is InChI=1S/C18H17N3O6S/c1-26-16-10-17(27-2)20-18(19-16)11-3-5-12(6-4-11)21-28(24,25)15-8-7-13(22)9-14(15)23/h3-10,21-23H,1-2H3. The van der Waals surface area contributed by atoms with E-state index in [0.717, 1.165) is 12.1 Å². The number of methoxy groups -OCH3 is 2. The van der Waals surface area contributed by atoms with Gasteiger partial charge in [0.05, 0.1) is 20.3 Å². The molecule has 0 aliphatic carbocycles. The number of sulfonamides is 1. The monoisotopic (exact) mass is 403 g/mol. The Morgan fingerprint density at radius 3 is 2.04 bits per heavy atom. The number of hydrogen-bond donors (Lipinski definition) is 3. The Labute approximate surface area is 161 Å². The number of anilines is 1. The van der Waals surface area contributed by atoms with Crippen molar-refractivity contribution in [3.8, 4) is 34.6 Å². The van der Waals surface area contributed by atoms with Crippen LogP contribution < -0.4 is 14.2 Å². The first-order valence-electron chi connectivity index (χ1n) is 7.94. The zero-order valence-electron chi connectivity index (χ0n) is 14.9. The minimum Gasteiger partial charge on any atom is -0.508 e. The molecule has 0 spiro atoms. The molecule has 28 heavy (non-hydrogen) atoms. The third-order valence-electron chi connectivity index (χ3n) is 3.72. The average Bonchev–Trinajstić information content (AvgIpc) is 2.67. The summed E-state index contributed by atoms with van der Waals surface area (Å²) in [6.07, 6.45) is 0. The fourth-order valence-corrected chi connectivity index (χ4v) is 3.51. The summed E-state index contributed by atoms with van der Waals surface area (Å²) in [5.74, 6) is 0.209. The number of nitrogens with one attached hydrogen (secondary N) is 1. The largest absolute Gasteiger partial charge is 0.508 e. The minimum atomic E-state index is -4.04. The lowest BCUT2D eigenvalue weighted by Gasteiger charge is -2.10. The SMILES string of the molecule is COc1cc(OC)nc(-c2ccc(NS(=O)(=O)c3ccc(O)cc3O)cc2)n1. The highest BCUT2D eigenvalue weighted by atomic mass is 32.2. The van der Waals surface area contributed by atoms with E-state index in [4.69, 9.17) is 9.47 Å². The molecule has 0 saturated heterocycles. The normalized spacial score (nSPS) is 11.1. The van der Waals surface area contributed by atoms with Gasteiger partial charge >= 0.3 is 0 Å². The van der Waals surface area contributed by atoms with Gasteiger partial charge in [-0.25, -0.2) is 8.42 Å². The van der Waals surface area contributed by atoms with E-state index in [1.54, 1.807) is 12.1 Å². The molecule has 0 aliphatic rings. The molecule has 0 unspecified atom stereocenters. The Balaban J connectivity index is 1.87. The van der Waals surface area contributed by atoms with E-state index < -0.39 is 15.8 Å². The number of aromatic nitrogens is 2. The van der Waals surface area contributed by atoms with Crippen LogP contribution in [0.3, 0.4) is 0 Å². The summed E-state index contributed by atoms with van der Waals surface area (Å²) in [6.45, 7) is 0. The Morgan fingerprint density at radius 1 is 0.893 bits per heavy atom. The van der Waals surface area contributed by atoms with Crippen molar-refractivity contribution < 1.29 is 28.1 Å². The Morgan fingerprint density at radius 2 is 1.50 bits per heavy atom. The molecule has 0 radical (unpaired) electrons. The topological polar surface area (TPSA) is 131 Å². The number of phenols is 2. The van der Waals surface area contributed by atoms with Crippen molar-refractivity contribution in [1.29, 1.82) is 0 Å². The lowest BCUT2D eigenvalue weighted by atomic mass is 10.2. The van der Waals surface area contributed by atoms with Crippen LogP contribution >= 0.6 is 0 Å². The molecule has 3 aromatic rings. The number of phenolic OH excluding ortho intramolecular Hbond substituents is 2. The van der Waals surface area contributed by atoms with Gasteiger partial charge in [0.1, 0.15) is 16.4 Å². The van der Waals surface area contributed by atoms with E-state index in [0.29, 0.717) is 23.1 Å². The van der Waals surface area contributed by atoms with Crippen LogP contribution in [0.25, 0.3) is 11.4 Å². The predicted octanol–water partition coefficient (Wildman–Crippen LogP) is 2.37. The van der Waals surface area contributed by atoms with Crippen molar-refractivity contribution in [3.63, 3.8) is 0 Å². The van der Waals surface area contributed by atoms with Crippen LogP contribution in [0.5, 0.6) is 23.3 Å². The molecule has 0 fully saturated rings. The summed E-state index contributed by atoms with van der Waals surface area (Å²) >= 11 is 0. The number of ether oxygens (including phenoxy) is 2. The van der Waals surface area contributed by atoms with Gasteiger partial charge in [-0.1, -0.05) is 0 Å². The van der Waals surface area contributed by atoms with Crippen molar-refractivity contribution in [2.24, 2.45) is 0 Å². The van der Waals surface area contributed by atoms with E-state index in [9.17, 15) is 18.6 Å². The third-order valence-corrected chi connectivity index (χ3v) is 5.15. The Kier molecular flexibility index (Phi) is 5.23. The van der Waals surface area contributed by atoms with Crippen molar-refractivity contribution in [3.05, 3.63) is 48.5 Å². The van der Waals surface area contributed by atoms with Gasteiger partial charge in [0.25, 0.3) is 10.0 Å². The summed E-state index contributed by atoms with van der Waals surface area (Å²) in [7, 11) is -1.09. The fourth-order valence-electron chi connectivity index (χ4n) is 2.37. The molecule has 10 heteroatoms. The molecule has 0 aliphatic heterocycles. The van der Waals surface area contributed by atoms with Crippen LogP contribution in [0.1, 0.15) is 0 Å². The van der Waals surface area contributed by atoms with E-state index >= 15 is 0 Å². The van der Waals surface area contributed by atoms with Gasteiger partial charge in [-0.15, -0.1) is 0 Å². The number of benzene rings is 2. The summed E-state index contributed by atoms with van der Waals surface area (Å²) in [6, 6.07) is 11.1. The summed E-state index contributed by atoms with van der Waals surface area (Å²) < 4.78 is 37.5. The first kappa shape index (κ1) is 19.2. The van der Waals surface area contributed by atoms with Crippen LogP contribution in [0.15, 0.2) is 53.4 Å². The van der Waals surface area contributed by atoms with E-state index in [2.05, 4.69) is 14.7 Å². The molecule has 0 saturated carbocycles. The lowest BCUT2D eigenvalue weighted by molar-refractivity contribution is 0.372. The molecular formula is C18H17N3O6S. The molecule has 0 amide bonds. The molecule has 146 valence electrons. The van der Waals surface area contributed by atoms with Gasteiger partial charge in [0.2, 0.25) is 11.8 Å². The minimum absolute atomic E-state index is 0.241. The molecule has 0 bridgehead atoms. The Hall–Kier alpha value is -3.53. The van der Waals surface area contributed by atoms with Crippen LogP contribution in [0.4, 0.5) is 5.69 Å². The maximum Gasteiger partial charge on any atom is 0.265 e. The quantitative estimate of drug-likeness (QED) is 0.572. The van der Waals surface area contributed by atoms with E-state index in [1.807, 2.05) is 0 Å². The first-order valence-corrected chi connectivity index (χ1v) is 9.43. The number of hydrogen-bond acceptors (Lipinski definition) is 8. The third kappa shape index (κ3) is 4.07. The van der Waals surface area contributed by atoms with Gasteiger partial charge in [0.15, 0.2) is 5.82 Å². The molecule has 9 nitrogen and oxygen atoms in total. The van der Waals surface area contributed by atoms with Crippen molar-refractivity contribution in [1.82, 2.24) is 9.97 Å². The highest BCUT2D eigenvalue weighted by Gasteiger charge is 2.19. The molecular weight excluding hydrogens is 386 g/mol. The van der Waals surface area contributed by atoms with Crippen molar-refractivity contribution in [2.75, 3.05) is 18.9 Å². The van der Waals surface area contributed by atoms with Gasteiger partial charge in [-0.3, -0.25) is 4.72 Å². The summed E-state index contributed by atoms with van der Waals surface area (Å²) in [5, 5.41) is 19.1. The second-order valence-electron chi connectivity index (χ2n) is 5.61. The lowest BCUT2D eigenvalue weighted by Crippen LogP contribution is -2.13. The van der Waals surface area contributed by atoms with Gasteiger partial charge in [0, 0.05) is 17.3 Å². The van der Waals surface area contributed by atoms with Gasteiger partial charge < -0.3 is 19.7 Å². The summed E-state index contributed by atoms with van der Waals surface area (Å²) in [5.41, 5.74) is 0.888. The zero-order chi connectivity index (χ0) is 20.3. The summed E-state index contributed by atoms with van der Waals surface area (Å²) in [4.78, 5) is 8.11. The zero-order valence-corrected chi connectivity index (χ0v) is 15.8. The Bertz CT molecular complexity index is 1080. The van der Waals surface area contributed by atoms with Crippen LogP contribution in [-0.4, -0.2) is 42.8 Å². The van der Waals surface area contributed by atoms with E-state index in [-0.39, 0.29) is 16.3 Å². The fraction of sp³-hybridized carbons (Fsp3) is 0.111. The number of aromatic hydroxyl groups is 2. The van der Waals surface area contributed by atoms with E-state index in [1.165, 1.54) is 38.5 Å².